The van der Waals surface area contributed by atoms with E-state index in [9.17, 15) is 9.59 Å². The molecule has 0 atom stereocenters. The van der Waals surface area contributed by atoms with Crippen LogP contribution in [0.4, 0.5) is 0 Å². The number of amides is 2. The minimum absolute atomic E-state index is 0.0620. The zero-order chi connectivity index (χ0) is 21.7. The van der Waals surface area contributed by atoms with Crippen LogP contribution in [0, 0.1) is 6.92 Å². The van der Waals surface area contributed by atoms with E-state index in [1.807, 2.05) is 27.5 Å². The van der Waals surface area contributed by atoms with Crippen LogP contribution < -0.4 is 9.47 Å². The van der Waals surface area contributed by atoms with Crippen molar-refractivity contribution in [1.29, 1.82) is 0 Å². The van der Waals surface area contributed by atoms with Crippen molar-refractivity contribution >= 4 is 11.8 Å². The molecule has 2 amide bonds. The molecule has 2 aromatic rings. The molecule has 0 unspecified atom stereocenters. The minimum Gasteiger partial charge on any atom is -0.493 e. The normalized spacial score (nSPS) is 14.5. The molecule has 1 saturated heterocycles. The fourth-order valence-electron chi connectivity index (χ4n) is 4.06. The molecule has 30 heavy (non-hydrogen) atoms. The molecule has 162 valence electrons. The molecule has 0 spiro atoms. The van der Waals surface area contributed by atoms with Gasteiger partial charge in [-0.15, -0.1) is 0 Å². The summed E-state index contributed by atoms with van der Waals surface area (Å²) in [5, 5.41) is 0. The first-order valence-corrected chi connectivity index (χ1v) is 10.2. The number of piperidine rings is 1. The summed E-state index contributed by atoms with van der Waals surface area (Å²) in [5.74, 6) is 1.91. The minimum atomic E-state index is -0.0763. The van der Waals surface area contributed by atoms with Gasteiger partial charge in [-0.2, -0.15) is 0 Å². The molecule has 0 aliphatic carbocycles. The summed E-state index contributed by atoms with van der Waals surface area (Å²) in [7, 11) is 3.09. The number of ether oxygens (including phenoxy) is 2. The lowest BCUT2D eigenvalue weighted by Gasteiger charge is -2.38. The van der Waals surface area contributed by atoms with E-state index in [4.69, 9.17) is 9.47 Å². The van der Waals surface area contributed by atoms with Gasteiger partial charge in [-0.3, -0.25) is 9.59 Å². The van der Waals surface area contributed by atoms with Gasteiger partial charge in [0.2, 0.25) is 5.91 Å². The Kier molecular flexibility index (Phi) is 6.97. The van der Waals surface area contributed by atoms with Gasteiger partial charge in [0, 0.05) is 51.5 Å². The molecular formula is C22H30N4O4. The predicted molar refractivity (Wildman–Crippen MR) is 113 cm³/mol. The fraction of sp³-hybridized carbons (Fsp3) is 0.500. The second kappa shape index (κ2) is 9.65. The van der Waals surface area contributed by atoms with Crippen LogP contribution in [0.5, 0.6) is 11.5 Å². The van der Waals surface area contributed by atoms with E-state index < -0.39 is 0 Å². The number of para-hydroxylation sites is 1. The number of carbonyl (C=O) groups excluding carboxylic acids is 2. The molecule has 0 N–H and O–H groups in total. The first kappa shape index (κ1) is 21.7. The van der Waals surface area contributed by atoms with Crippen molar-refractivity contribution in [3.63, 3.8) is 0 Å². The third-order valence-corrected chi connectivity index (χ3v) is 5.74. The molecule has 1 aliphatic rings. The van der Waals surface area contributed by atoms with E-state index in [1.165, 1.54) is 7.11 Å². The van der Waals surface area contributed by atoms with Gasteiger partial charge in [-0.25, -0.2) is 4.98 Å². The Hall–Kier alpha value is -3.03. The Bertz CT molecular complexity index is 887. The van der Waals surface area contributed by atoms with Crippen LogP contribution in [0.15, 0.2) is 30.6 Å². The monoisotopic (exact) mass is 414 g/mol. The summed E-state index contributed by atoms with van der Waals surface area (Å²) in [6, 6.07) is 5.44. The smallest absolute Gasteiger partial charge is 0.257 e. The number of likely N-dealkylation sites (tertiary alicyclic amines) is 1. The highest BCUT2D eigenvalue weighted by Crippen LogP contribution is 2.32. The Morgan fingerprint density at radius 3 is 2.50 bits per heavy atom. The molecule has 8 nitrogen and oxygen atoms in total. The number of imidazole rings is 1. The molecule has 1 aromatic carbocycles. The van der Waals surface area contributed by atoms with Crippen LogP contribution in [0.3, 0.4) is 0 Å². The van der Waals surface area contributed by atoms with Gasteiger partial charge < -0.3 is 23.8 Å². The largest absolute Gasteiger partial charge is 0.493 e. The molecule has 2 heterocycles. The van der Waals surface area contributed by atoms with Crippen molar-refractivity contribution in [3.8, 4) is 11.5 Å². The number of hydrogen-bond acceptors (Lipinski definition) is 5. The maximum atomic E-state index is 13.1. The number of aromatic nitrogens is 2. The van der Waals surface area contributed by atoms with Gasteiger partial charge in [-0.05, 0) is 31.9 Å². The van der Waals surface area contributed by atoms with Gasteiger partial charge >= 0.3 is 0 Å². The molecule has 0 bridgehead atoms. The number of methoxy groups -OCH3 is 2. The van der Waals surface area contributed by atoms with Crippen molar-refractivity contribution in [3.05, 3.63) is 42.0 Å². The standard InChI is InChI=1S/C22H30N4O4/c1-16-23-10-13-24(16)14-15-26(17(2)27)18-8-11-25(12-9-18)22(28)19-6-5-7-20(29-3)21(19)30-4/h5-7,10,13,18H,8-9,11-12,14-15H2,1-4H3. The lowest BCUT2D eigenvalue weighted by atomic mass is 10.0. The average molecular weight is 415 g/mol. The van der Waals surface area contributed by atoms with Crippen LogP contribution in [0.2, 0.25) is 0 Å². The summed E-state index contributed by atoms with van der Waals surface area (Å²) in [4.78, 5) is 33.3. The van der Waals surface area contributed by atoms with Crippen molar-refractivity contribution in [2.24, 2.45) is 0 Å². The Labute approximate surface area is 177 Å². The van der Waals surface area contributed by atoms with Crippen molar-refractivity contribution < 1.29 is 19.1 Å². The lowest BCUT2D eigenvalue weighted by molar-refractivity contribution is -0.132. The summed E-state index contributed by atoms with van der Waals surface area (Å²) in [6.45, 7) is 6.10. The number of hydrogen-bond donors (Lipinski definition) is 0. The molecule has 3 rings (SSSR count). The van der Waals surface area contributed by atoms with Crippen LogP contribution in [-0.2, 0) is 11.3 Å². The number of carbonyl (C=O) groups is 2. The van der Waals surface area contributed by atoms with Gasteiger partial charge in [0.25, 0.3) is 5.91 Å². The first-order chi connectivity index (χ1) is 14.5. The van der Waals surface area contributed by atoms with Gasteiger partial charge in [-0.1, -0.05) is 6.07 Å². The zero-order valence-corrected chi connectivity index (χ0v) is 18.1. The number of aryl methyl sites for hydroxylation is 1. The highest BCUT2D eigenvalue weighted by Gasteiger charge is 2.30. The maximum Gasteiger partial charge on any atom is 0.257 e. The van der Waals surface area contributed by atoms with E-state index in [0.29, 0.717) is 43.2 Å². The molecular weight excluding hydrogens is 384 g/mol. The fourth-order valence-corrected chi connectivity index (χ4v) is 4.06. The molecule has 0 radical (unpaired) electrons. The highest BCUT2D eigenvalue weighted by atomic mass is 16.5. The number of rotatable bonds is 7. The predicted octanol–water partition coefficient (Wildman–Crippen LogP) is 2.36. The Balaban J connectivity index is 1.63. The van der Waals surface area contributed by atoms with Crippen molar-refractivity contribution in [2.45, 2.75) is 39.3 Å². The van der Waals surface area contributed by atoms with Crippen LogP contribution in [0.1, 0.15) is 35.9 Å². The summed E-state index contributed by atoms with van der Waals surface area (Å²) >= 11 is 0. The molecule has 1 fully saturated rings. The topological polar surface area (TPSA) is 76.9 Å². The quantitative estimate of drug-likeness (QED) is 0.695. The molecule has 0 saturated carbocycles. The van der Waals surface area contributed by atoms with E-state index in [2.05, 4.69) is 4.98 Å². The molecule has 1 aliphatic heterocycles. The van der Waals surface area contributed by atoms with E-state index in [0.717, 1.165) is 18.7 Å². The summed E-state index contributed by atoms with van der Waals surface area (Å²) in [6.07, 6.45) is 5.20. The first-order valence-electron chi connectivity index (χ1n) is 10.2. The Morgan fingerprint density at radius 2 is 1.93 bits per heavy atom. The van der Waals surface area contributed by atoms with Gasteiger partial charge in [0.15, 0.2) is 11.5 Å². The van der Waals surface area contributed by atoms with Crippen LogP contribution in [0.25, 0.3) is 0 Å². The van der Waals surface area contributed by atoms with Crippen molar-refractivity contribution in [1.82, 2.24) is 19.4 Å². The van der Waals surface area contributed by atoms with E-state index >= 15 is 0 Å². The average Bonchev–Trinajstić information content (AvgIpc) is 3.17. The third-order valence-electron chi connectivity index (χ3n) is 5.74. The van der Waals surface area contributed by atoms with E-state index in [1.54, 1.807) is 38.4 Å². The molecule has 1 aromatic heterocycles. The summed E-state index contributed by atoms with van der Waals surface area (Å²) < 4.78 is 12.8. The number of nitrogens with zero attached hydrogens (tertiary/aromatic N) is 4. The van der Waals surface area contributed by atoms with Gasteiger partial charge in [0.1, 0.15) is 5.82 Å². The highest BCUT2D eigenvalue weighted by molar-refractivity contribution is 5.98. The van der Waals surface area contributed by atoms with Crippen molar-refractivity contribution in [2.75, 3.05) is 33.9 Å². The van der Waals surface area contributed by atoms with Gasteiger partial charge in [0.05, 0.1) is 19.8 Å². The lowest BCUT2D eigenvalue weighted by Crippen LogP contribution is -2.49. The summed E-state index contributed by atoms with van der Waals surface area (Å²) in [5.41, 5.74) is 0.495. The number of benzene rings is 1. The SMILES string of the molecule is COc1cccc(C(=O)N2CCC(N(CCn3ccnc3C)C(C)=O)CC2)c1OC. The van der Waals surface area contributed by atoms with E-state index in [-0.39, 0.29) is 17.9 Å². The second-order valence-corrected chi connectivity index (χ2v) is 7.44. The zero-order valence-electron chi connectivity index (χ0n) is 18.1. The third kappa shape index (κ3) is 4.58. The second-order valence-electron chi connectivity index (χ2n) is 7.44. The van der Waals surface area contributed by atoms with Crippen LogP contribution >= 0.6 is 0 Å². The van der Waals surface area contributed by atoms with Crippen LogP contribution in [-0.4, -0.2) is 71.1 Å². The maximum absolute atomic E-state index is 13.1. The Morgan fingerprint density at radius 1 is 1.20 bits per heavy atom. The molecule has 8 heteroatoms.